The molecule has 2 aromatic carbocycles. The molecule has 0 aliphatic carbocycles. The van der Waals surface area contributed by atoms with Gasteiger partial charge >= 0.3 is 0 Å². The van der Waals surface area contributed by atoms with Crippen LogP contribution in [0.2, 0.25) is 0 Å². The number of carbonyl (C=O) groups is 1. The molecule has 0 saturated carbocycles. The van der Waals surface area contributed by atoms with E-state index in [4.69, 9.17) is 18.6 Å². The molecule has 2 heterocycles. The van der Waals surface area contributed by atoms with Crippen LogP contribution in [0.15, 0.2) is 59.3 Å². The lowest BCUT2D eigenvalue weighted by Crippen LogP contribution is -2.14. The van der Waals surface area contributed by atoms with Crippen molar-refractivity contribution in [2.45, 2.75) is 6.42 Å². The molecule has 8 heteroatoms. The number of methoxy groups -OCH3 is 3. The van der Waals surface area contributed by atoms with E-state index >= 15 is 0 Å². The fourth-order valence-corrected chi connectivity index (χ4v) is 3.26. The van der Waals surface area contributed by atoms with Crippen molar-refractivity contribution in [2.24, 2.45) is 0 Å². The lowest BCUT2D eigenvalue weighted by molar-refractivity contribution is -0.115. The van der Waals surface area contributed by atoms with Crippen LogP contribution in [0.5, 0.6) is 17.2 Å². The lowest BCUT2D eigenvalue weighted by Gasteiger charge is -2.14. The second-order valence-corrected chi connectivity index (χ2v) is 6.70. The summed E-state index contributed by atoms with van der Waals surface area (Å²) in [6, 6.07) is 12.6. The summed E-state index contributed by atoms with van der Waals surface area (Å²) in [5, 5.41) is 2.90. The summed E-state index contributed by atoms with van der Waals surface area (Å²) in [6.07, 6.45) is 3.43. The maximum absolute atomic E-state index is 12.7. The molecule has 2 aromatic heterocycles. The Hall–Kier alpha value is -4.07. The molecule has 0 aliphatic heterocycles. The fourth-order valence-electron chi connectivity index (χ4n) is 3.26. The van der Waals surface area contributed by atoms with Gasteiger partial charge in [-0.3, -0.25) is 9.78 Å². The average Bonchev–Trinajstić information content (AvgIpc) is 3.23. The Morgan fingerprint density at radius 1 is 1.06 bits per heavy atom. The van der Waals surface area contributed by atoms with Gasteiger partial charge in [0, 0.05) is 24.9 Å². The van der Waals surface area contributed by atoms with Gasteiger partial charge in [0.1, 0.15) is 5.52 Å². The van der Waals surface area contributed by atoms with Crippen LogP contribution < -0.4 is 19.5 Å². The maximum Gasteiger partial charge on any atom is 0.228 e. The van der Waals surface area contributed by atoms with Crippen LogP contribution in [0, 0.1) is 0 Å². The number of ether oxygens (including phenoxy) is 3. The molecule has 160 valence electrons. The first kappa shape index (κ1) is 20.2. The molecular formula is C23H23N3O5. The number of aromatic nitrogens is 2. The summed E-state index contributed by atoms with van der Waals surface area (Å²) >= 11 is 0. The van der Waals surface area contributed by atoms with Crippen LogP contribution in [-0.4, -0.2) is 37.2 Å². The Kier molecular flexibility index (Phi) is 5.70. The van der Waals surface area contributed by atoms with Gasteiger partial charge in [-0.25, -0.2) is 4.98 Å². The van der Waals surface area contributed by atoms with E-state index in [9.17, 15) is 4.79 Å². The van der Waals surface area contributed by atoms with E-state index < -0.39 is 0 Å². The zero-order chi connectivity index (χ0) is 21.8. The number of pyridine rings is 1. The number of oxazole rings is 1. The van der Waals surface area contributed by atoms with E-state index in [2.05, 4.69) is 15.3 Å². The number of benzene rings is 2. The minimum absolute atomic E-state index is 0. The minimum atomic E-state index is -0.187. The van der Waals surface area contributed by atoms with Gasteiger partial charge in [0.2, 0.25) is 17.5 Å². The highest BCUT2D eigenvalue weighted by Gasteiger charge is 2.15. The van der Waals surface area contributed by atoms with Crippen LogP contribution in [0.25, 0.3) is 22.6 Å². The Morgan fingerprint density at radius 2 is 1.84 bits per heavy atom. The molecule has 0 spiro atoms. The number of nitrogens with one attached hydrogen (secondary N) is 1. The third kappa shape index (κ3) is 4.28. The monoisotopic (exact) mass is 421 g/mol. The van der Waals surface area contributed by atoms with Crippen LogP contribution in [0.1, 0.15) is 6.99 Å². The van der Waals surface area contributed by atoms with E-state index in [0.29, 0.717) is 39.9 Å². The highest BCUT2D eigenvalue weighted by Crippen LogP contribution is 2.38. The highest BCUT2D eigenvalue weighted by atomic mass is 16.5. The normalized spacial score (nSPS) is 10.7. The molecule has 0 saturated heterocycles. The van der Waals surface area contributed by atoms with Crippen molar-refractivity contribution in [3.8, 4) is 28.7 Å². The van der Waals surface area contributed by atoms with Gasteiger partial charge < -0.3 is 23.9 Å². The summed E-state index contributed by atoms with van der Waals surface area (Å²) in [5.41, 5.74) is 3.45. The molecule has 8 nitrogen and oxygen atoms in total. The molecule has 0 fully saturated rings. The second kappa shape index (κ2) is 8.74. The molecule has 4 aromatic rings. The van der Waals surface area contributed by atoms with Crippen molar-refractivity contribution >= 4 is 22.7 Å². The third-order valence-electron chi connectivity index (χ3n) is 4.67. The van der Waals surface area contributed by atoms with Gasteiger partial charge in [-0.1, -0.05) is 6.07 Å². The van der Waals surface area contributed by atoms with Gasteiger partial charge in [0.25, 0.3) is 0 Å². The average molecular weight is 421 g/mol. The van der Waals surface area contributed by atoms with Crippen molar-refractivity contribution in [3.05, 3.63) is 60.4 Å². The molecule has 0 aliphatic rings. The summed E-state index contributed by atoms with van der Waals surface area (Å²) in [5.74, 6) is 1.75. The lowest BCUT2D eigenvalue weighted by atomic mass is 10.1. The molecule has 1 N–H and O–H groups in total. The quantitative estimate of drug-likeness (QED) is 0.474. The zero-order valence-electron chi connectivity index (χ0n) is 17.3. The van der Waals surface area contributed by atoms with Gasteiger partial charge in [-0.05, 0) is 35.9 Å². The van der Waals surface area contributed by atoms with Gasteiger partial charge in [-0.15, -0.1) is 0 Å². The second-order valence-electron chi connectivity index (χ2n) is 6.70. The predicted octanol–water partition coefficient (Wildman–Crippen LogP) is 4.34. The standard InChI is InChI=1S/C23H21N3O5.H2/c1-28-19-9-14(10-20(29-2)22(19)30-3)11-21(27)25-16-6-4-5-15(12-16)23-26-17-13-24-8-7-18(17)31-23;/h4-10,12-13H,11H2,1-3H3,(H,25,27);1H. The van der Waals surface area contributed by atoms with Gasteiger partial charge in [-0.2, -0.15) is 0 Å². The number of anilines is 1. The molecule has 0 unspecified atom stereocenters. The van der Waals surface area contributed by atoms with Crippen molar-refractivity contribution in [1.82, 2.24) is 9.97 Å². The van der Waals surface area contributed by atoms with E-state index in [1.807, 2.05) is 18.2 Å². The number of fused-ring (bicyclic) bond motifs is 1. The Bertz CT molecular complexity index is 1180. The van der Waals surface area contributed by atoms with Crippen LogP contribution in [0.3, 0.4) is 0 Å². The molecule has 0 atom stereocenters. The number of rotatable bonds is 7. The summed E-state index contributed by atoms with van der Waals surface area (Å²) in [7, 11) is 4.61. The topological polar surface area (TPSA) is 95.7 Å². The summed E-state index contributed by atoms with van der Waals surface area (Å²) in [6.45, 7) is 0. The minimum Gasteiger partial charge on any atom is -0.493 e. The molecule has 4 rings (SSSR count). The number of hydrogen-bond donors (Lipinski definition) is 1. The smallest absolute Gasteiger partial charge is 0.228 e. The highest BCUT2D eigenvalue weighted by molar-refractivity contribution is 5.93. The van der Waals surface area contributed by atoms with E-state index in [1.54, 1.807) is 36.7 Å². The number of nitrogens with zero attached hydrogens (tertiary/aromatic N) is 2. The van der Waals surface area contributed by atoms with Crippen molar-refractivity contribution < 1.29 is 24.8 Å². The fraction of sp³-hybridized carbons (Fsp3) is 0.174. The van der Waals surface area contributed by atoms with E-state index in [1.165, 1.54) is 21.3 Å². The number of hydrogen-bond acceptors (Lipinski definition) is 7. The Balaban J connectivity index is 0.00000289. The third-order valence-corrected chi connectivity index (χ3v) is 4.67. The van der Waals surface area contributed by atoms with Crippen LogP contribution >= 0.6 is 0 Å². The Labute approximate surface area is 180 Å². The van der Waals surface area contributed by atoms with Crippen molar-refractivity contribution in [2.75, 3.05) is 26.6 Å². The largest absolute Gasteiger partial charge is 0.493 e. The summed E-state index contributed by atoms with van der Waals surface area (Å²) in [4.78, 5) is 21.1. The van der Waals surface area contributed by atoms with Gasteiger partial charge in [0.15, 0.2) is 17.1 Å². The molecule has 0 radical (unpaired) electrons. The maximum atomic E-state index is 12.7. The summed E-state index contributed by atoms with van der Waals surface area (Å²) < 4.78 is 21.8. The number of amides is 1. The molecule has 0 bridgehead atoms. The molecular weight excluding hydrogens is 398 g/mol. The van der Waals surface area contributed by atoms with Crippen molar-refractivity contribution in [3.63, 3.8) is 0 Å². The first-order valence-corrected chi connectivity index (χ1v) is 9.51. The van der Waals surface area contributed by atoms with Crippen LogP contribution in [-0.2, 0) is 11.2 Å². The predicted molar refractivity (Wildman–Crippen MR) is 118 cm³/mol. The van der Waals surface area contributed by atoms with Crippen molar-refractivity contribution in [1.29, 1.82) is 0 Å². The van der Waals surface area contributed by atoms with E-state index in [0.717, 1.165) is 11.1 Å². The Morgan fingerprint density at radius 3 is 2.52 bits per heavy atom. The molecule has 1 amide bonds. The molecule has 31 heavy (non-hydrogen) atoms. The first-order valence-electron chi connectivity index (χ1n) is 9.51. The van der Waals surface area contributed by atoms with E-state index in [-0.39, 0.29) is 13.8 Å². The SMILES string of the molecule is COc1cc(CC(=O)Nc2cccc(-c3nc4cnccc4o3)c2)cc(OC)c1OC.[HH]. The zero-order valence-corrected chi connectivity index (χ0v) is 17.3. The van der Waals surface area contributed by atoms with Crippen LogP contribution in [0.4, 0.5) is 5.69 Å². The number of carbonyl (C=O) groups excluding carboxylic acids is 1. The first-order chi connectivity index (χ1) is 15.1. The van der Waals surface area contributed by atoms with Gasteiger partial charge in [0.05, 0.1) is 33.9 Å².